The number of nitrogens with one attached hydrogen (secondary N) is 2. The van der Waals surface area contributed by atoms with Crippen molar-refractivity contribution in [2.75, 3.05) is 39.3 Å². The lowest BCUT2D eigenvalue weighted by Crippen LogP contribution is -2.56. The van der Waals surface area contributed by atoms with Crippen LogP contribution in [0.25, 0.3) is 0 Å². The normalized spacial score (nSPS) is 26.6. The number of rotatable bonds is 4. The first kappa shape index (κ1) is 18.2. The maximum absolute atomic E-state index is 12.4. The van der Waals surface area contributed by atoms with E-state index >= 15 is 0 Å². The number of piperazine rings is 1. The van der Waals surface area contributed by atoms with E-state index in [1.165, 1.54) is 0 Å². The van der Waals surface area contributed by atoms with E-state index in [2.05, 4.69) is 10.6 Å². The summed E-state index contributed by atoms with van der Waals surface area (Å²) >= 11 is 0. The van der Waals surface area contributed by atoms with Crippen LogP contribution in [0, 0.1) is 5.41 Å². The molecule has 2 rings (SSSR count). The second-order valence-corrected chi connectivity index (χ2v) is 7.35. The van der Waals surface area contributed by atoms with Gasteiger partial charge in [-0.05, 0) is 13.8 Å². The van der Waals surface area contributed by atoms with Gasteiger partial charge in [-0.3, -0.25) is 9.59 Å². The van der Waals surface area contributed by atoms with Crippen molar-refractivity contribution >= 4 is 11.8 Å². The summed E-state index contributed by atoms with van der Waals surface area (Å²) < 4.78 is 11.4. The molecule has 2 N–H and O–H groups in total. The van der Waals surface area contributed by atoms with E-state index in [1.54, 1.807) is 13.8 Å². The van der Waals surface area contributed by atoms with Gasteiger partial charge in [-0.1, -0.05) is 13.8 Å². The van der Waals surface area contributed by atoms with E-state index < -0.39 is 17.3 Å². The molecule has 2 heterocycles. The monoisotopic (exact) mass is 327 g/mol. The standard InChI is InChI=1S/C16H29N3O4/c1-15(2)11-22-16(3,4)23-13(15)14(21)18-6-5-12(20)19-9-7-17-8-10-19/h13,17H,5-11H2,1-4H3,(H,18,21). The van der Waals surface area contributed by atoms with E-state index in [9.17, 15) is 9.59 Å². The molecule has 0 aromatic rings. The molecule has 2 fully saturated rings. The molecule has 1 atom stereocenters. The second-order valence-electron chi connectivity index (χ2n) is 7.35. The van der Waals surface area contributed by atoms with Crippen LogP contribution in [0.3, 0.4) is 0 Å². The van der Waals surface area contributed by atoms with Crippen LogP contribution in [0.5, 0.6) is 0 Å². The van der Waals surface area contributed by atoms with E-state index in [0.717, 1.165) is 26.2 Å². The minimum atomic E-state index is -0.770. The third-order valence-corrected chi connectivity index (χ3v) is 4.25. The Balaban J connectivity index is 1.80. The fourth-order valence-electron chi connectivity index (χ4n) is 2.78. The minimum absolute atomic E-state index is 0.0827. The lowest BCUT2D eigenvalue weighted by Gasteiger charge is -2.44. The first-order valence-electron chi connectivity index (χ1n) is 8.29. The molecular formula is C16H29N3O4. The Morgan fingerprint density at radius 2 is 1.87 bits per heavy atom. The maximum atomic E-state index is 12.4. The van der Waals surface area contributed by atoms with Crippen molar-refractivity contribution in [1.82, 2.24) is 15.5 Å². The quantitative estimate of drug-likeness (QED) is 0.766. The number of hydrogen-bond donors (Lipinski definition) is 2. The highest BCUT2D eigenvalue weighted by molar-refractivity contribution is 5.83. The maximum Gasteiger partial charge on any atom is 0.249 e. The first-order chi connectivity index (χ1) is 10.7. The summed E-state index contributed by atoms with van der Waals surface area (Å²) in [7, 11) is 0. The summed E-state index contributed by atoms with van der Waals surface area (Å²) in [4.78, 5) is 26.3. The summed E-state index contributed by atoms with van der Waals surface area (Å²) in [5, 5.41) is 6.04. The largest absolute Gasteiger partial charge is 0.353 e. The van der Waals surface area contributed by atoms with Gasteiger partial charge in [0.1, 0.15) is 6.10 Å². The number of carbonyl (C=O) groups excluding carboxylic acids is 2. The van der Waals surface area contributed by atoms with Crippen molar-refractivity contribution in [3.8, 4) is 0 Å². The van der Waals surface area contributed by atoms with Gasteiger partial charge in [-0.25, -0.2) is 0 Å². The van der Waals surface area contributed by atoms with Crippen molar-refractivity contribution in [3.05, 3.63) is 0 Å². The van der Waals surface area contributed by atoms with Crippen LogP contribution in [-0.2, 0) is 19.1 Å². The molecule has 132 valence electrons. The van der Waals surface area contributed by atoms with E-state index in [-0.39, 0.29) is 11.8 Å². The number of nitrogens with zero attached hydrogens (tertiary/aromatic N) is 1. The van der Waals surface area contributed by atoms with Crippen LogP contribution < -0.4 is 10.6 Å². The molecule has 2 aliphatic heterocycles. The third kappa shape index (κ3) is 4.89. The minimum Gasteiger partial charge on any atom is -0.353 e. The molecule has 0 saturated carbocycles. The number of amides is 2. The molecule has 2 saturated heterocycles. The highest BCUT2D eigenvalue weighted by atomic mass is 16.7. The number of ether oxygens (including phenoxy) is 2. The summed E-state index contributed by atoms with van der Waals surface area (Å²) in [5.74, 6) is -0.868. The second kappa shape index (κ2) is 7.15. The molecule has 7 nitrogen and oxygen atoms in total. The van der Waals surface area contributed by atoms with Crippen molar-refractivity contribution in [3.63, 3.8) is 0 Å². The van der Waals surface area contributed by atoms with Gasteiger partial charge in [-0.15, -0.1) is 0 Å². The lowest BCUT2D eigenvalue weighted by molar-refractivity contribution is -0.304. The van der Waals surface area contributed by atoms with E-state index in [4.69, 9.17) is 9.47 Å². The van der Waals surface area contributed by atoms with Gasteiger partial charge in [0, 0.05) is 44.6 Å². The fourth-order valence-corrected chi connectivity index (χ4v) is 2.78. The molecule has 0 radical (unpaired) electrons. The van der Waals surface area contributed by atoms with Crippen LogP contribution in [0.15, 0.2) is 0 Å². The van der Waals surface area contributed by atoms with Gasteiger partial charge in [0.05, 0.1) is 6.61 Å². The van der Waals surface area contributed by atoms with Crippen LogP contribution >= 0.6 is 0 Å². The van der Waals surface area contributed by atoms with E-state index in [0.29, 0.717) is 19.6 Å². The van der Waals surface area contributed by atoms with Gasteiger partial charge in [-0.2, -0.15) is 0 Å². The molecule has 0 aromatic carbocycles. The predicted molar refractivity (Wildman–Crippen MR) is 85.8 cm³/mol. The van der Waals surface area contributed by atoms with Gasteiger partial charge < -0.3 is 25.0 Å². The zero-order chi connectivity index (χ0) is 17.1. The molecule has 2 aliphatic rings. The molecule has 2 amide bonds. The Hall–Kier alpha value is -1.18. The highest BCUT2D eigenvalue weighted by Crippen LogP contribution is 2.34. The topological polar surface area (TPSA) is 79.9 Å². The Morgan fingerprint density at radius 3 is 2.52 bits per heavy atom. The third-order valence-electron chi connectivity index (χ3n) is 4.25. The average Bonchev–Trinajstić information content (AvgIpc) is 2.50. The summed E-state index contributed by atoms with van der Waals surface area (Å²) in [6, 6.07) is 0. The Bertz CT molecular complexity index is 445. The van der Waals surface area contributed by atoms with Crippen LogP contribution in [0.4, 0.5) is 0 Å². The molecule has 0 aromatic heterocycles. The molecule has 7 heteroatoms. The zero-order valence-corrected chi connectivity index (χ0v) is 14.6. The van der Waals surface area contributed by atoms with Crippen molar-refractivity contribution < 1.29 is 19.1 Å². The fraction of sp³-hybridized carbons (Fsp3) is 0.875. The molecular weight excluding hydrogens is 298 g/mol. The predicted octanol–water partition coefficient (Wildman–Crippen LogP) is 0.102. The average molecular weight is 327 g/mol. The molecule has 0 bridgehead atoms. The van der Waals surface area contributed by atoms with Crippen LogP contribution in [0.1, 0.15) is 34.1 Å². The Kier molecular flexibility index (Phi) is 5.65. The molecule has 0 spiro atoms. The molecule has 0 aliphatic carbocycles. The van der Waals surface area contributed by atoms with Crippen molar-refractivity contribution in [2.45, 2.75) is 46.0 Å². The van der Waals surface area contributed by atoms with Gasteiger partial charge in [0.15, 0.2) is 5.79 Å². The van der Waals surface area contributed by atoms with Crippen molar-refractivity contribution in [2.24, 2.45) is 5.41 Å². The Labute approximate surface area is 138 Å². The number of carbonyl (C=O) groups is 2. The van der Waals surface area contributed by atoms with Gasteiger partial charge >= 0.3 is 0 Å². The molecule has 1 unspecified atom stereocenters. The summed E-state index contributed by atoms with van der Waals surface area (Å²) in [5.41, 5.74) is -0.401. The zero-order valence-electron chi connectivity index (χ0n) is 14.6. The van der Waals surface area contributed by atoms with Gasteiger partial charge in [0.2, 0.25) is 11.8 Å². The van der Waals surface area contributed by atoms with Crippen LogP contribution in [0.2, 0.25) is 0 Å². The van der Waals surface area contributed by atoms with Crippen molar-refractivity contribution in [1.29, 1.82) is 0 Å². The molecule has 23 heavy (non-hydrogen) atoms. The summed E-state index contributed by atoms with van der Waals surface area (Å²) in [6.45, 7) is 11.4. The highest BCUT2D eigenvalue weighted by Gasteiger charge is 2.45. The number of hydrogen-bond acceptors (Lipinski definition) is 5. The SMILES string of the molecule is CC1(C)OCC(C)(C)C(C(=O)NCCC(=O)N2CCNCC2)O1. The summed E-state index contributed by atoms with van der Waals surface area (Å²) in [6.07, 6.45) is -0.265. The van der Waals surface area contributed by atoms with E-state index in [1.807, 2.05) is 18.7 Å². The lowest BCUT2D eigenvalue weighted by atomic mass is 9.85. The first-order valence-corrected chi connectivity index (χ1v) is 8.29. The smallest absolute Gasteiger partial charge is 0.249 e. The van der Waals surface area contributed by atoms with Crippen LogP contribution in [-0.4, -0.2) is 67.9 Å². The van der Waals surface area contributed by atoms with Gasteiger partial charge in [0.25, 0.3) is 0 Å². The Morgan fingerprint density at radius 1 is 1.22 bits per heavy atom.